The molecule has 25 heavy (non-hydrogen) atoms. The molecule has 3 aromatic rings. The number of amides is 1. The Labute approximate surface area is 147 Å². The summed E-state index contributed by atoms with van der Waals surface area (Å²) in [7, 11) is 1.62. The molecule has 5 nitrogen and oxygen atoms in total. The van der Waals surface area contributed by atoms with Crippen molar-refractivity contribution in [3.05, 3.63) is 68.7 Å². The molecule has 0 aliphatic carbocycles. The second-order valence-electron chi connectivity index (χ2n) is 5.68. The smallest absolute Gasteiger partial charge is 0.263 e. The molecular weight excluding hydrogens is 341 g/mol. The van der Waals surface area contributed by atoms with Crippen LogP contribution in [0.15, 0.2) is 40.5 Å². The highest BCUT2D eigenvalue weighted by Crippen LogP contribution is 2.27. The molecule has 7 heteroatoms. The minimum absolute atomic E-state index is 0.0794. The first-order valence-electron chi connectivity index (χ1n) is 7.57. The SMILES string of the molecule is Cc1cc(C)n(C)c(=O)c1C(=O)Nc1nc(-c2ccccc2F)cs1. The van der Waals surface area contributed by atoms with E-state index in [1.807, 2.05) is 0 Å². The van der Waals surface area contributed by atoms with E-state index >= 15 is 0 Å². The van der Waals surface area contributed by atoms with Crippen LogP contribution in [0, 0.1) is 19.7 Å². The monoisotopic (exact) mass is 357 g/mol. The number of hydrogen-bond donors (Lipinski definition) is 1. The number of benzene rings is 1. The van der Waals surface area contributed by atoms with Crippen LogP contribution in [0.3, 0.4) is 0 Å². The van der Waals surface area contributed by atoms with Gasteiger partial charge in [0.25, 0.3) is 11.5 Å². The van der Waals surface area contributed by atoms with Gasteiger partial charge in [-0.3, -0.25) is 14.9 Å². The third kappa shape index (κ3) is 3.23. The first kappa shape index (κ1) is 17.0. The quantitative estimate of drug-likeness (QED) is 0.780. The highest BCUT2D eigenvalue weighted by molar-refractivity contribution is 7.14. The normalized spacial score (nSPS) is 10.7. The molecule has 1 amide bonds. The van der Waals surface area contributed by atoms with Crippen LogP contribution in [-0.4, -0.2) is 15.5 Å². The zero-order chi connectivity index (χ0) is 18.1. The molecule has 0 aliphatic rings. The van der Waals surface area contributed by atoms with Crippen LogP contribution in [-0.2, 0) is 7.05 Å². The molecule has 0 unspecified atom stereocenters. The fourth-order valence-corrected chi connectivity index (χ4v) is 3.24. The van der Waals surface area contributed by atoms with E-state index in [1.165, 1.54) is 22.0 Å². The van der Waals surface area contributed by atoms with Crippen LogP contribution < -0.4 is 10.9 Å². The Morgan fingerprint density at radius 1 is 1.28 bits per heavy atom. The van der Waals surface area contributed by atoms with Crippen molar-refractivity contribution in [3.8, 4) is 11.3 Å². The number of hydrogen-bond acceptors (Lipinski definition) is 4. The van der Waals surface area contributed by atoms with E-state index in [1.54, 1.807) is 50.5 Å². The Morgan fingerprint density at radius 3 is 2.72 bits per heavy atom. The number of halogens is 1. The average Bonchev–Trinajstić information content (AvgIpc) is 3.01. The topological polar surface area (TPSA) is 64.0 Å². The third-order valence-electron chi connectivity index (χ3n) is 3.97. The Kier molecular flexibility index (Phi) is 4.50. The van der Waals surface area contributed by atoms with Gasteiger partial charge in [-0.1, -0.05) is 12.1 Å². The Balaban J connectivity index is 1.90. The molecule has 0 saturated heterocycles. The van der Waals surface area contributed by atoms with Crippen LogP contribution in [0.1, 0.15) is 21.6 Å². The average molecular weight is 357 g/mol. The molecule has 3 rings (SSSR count). The van der Waals surface area contributed by atoms with Crippen LogP contribution in [0.25, 0.3) is 11.3 Å². The second kappa shape index (κ2) is 6.60. The van der Waals surface area contributed by atoms with Crippen molar-refractivity contribution in [2.45, 2.75) is 13.8 Å². The largest absolute Gasteiger partial charge is 0.315 e. The van der Waals surface area contributed by atoms with Gasteiger partial charge in [0, 0.05) is 23.7 Å². The number of thiazole rings is 1. The van der Waals surface area contributed by atoms with Gasteiger partial charge in [-0.2, -0.15) is 0 Å². The van der Waals surface area contributed by atoms with Gasteiger partial charge in [0.2, 0.25) is 0 Å². The van der Waals surface area contributed by atoms with E-state index in [4.69, 9.17) is 0 Å². The molecule has 0 bridgehead atoms. The van der Waals surface area contributed by atoms with Gasteiger partial charge in [-0.25, -0.2) is 9.37 Å². The first-order valence-corrected chi connectivity index (χ1v) is 8.45. The molecule has 1 aromatic carbocycles. The highest BCUT2D eigenvalue weighted by atomic mass is 32.1. The summed E-state index contributed by atoms with van der Waals surface area (Å²) in [6.45, 7) is 3.52. The van der Waals surface area contributed by atoms with Crippen molar-refractivity contribution in [2.24, 2.45) is 7.05 Å². The van der Waals surface area contributed by atoms with Gasteiger partial charge in [0.15, 0.2) is 5.13 Å². The summed E-state index contributed by atoms with van der Waals surface area (Å²) in [6, 6.07) is 8.07. The number of aromatic nitrogens is 2. The van der Waals surface area contributed by atoms with E-state index in [0.29, 0.717) is 22.0 Å². The number of anilines is 1. The van der Waals surface area contributed by atoms with E-state index in [2.05, 4.69) is 10.3 Å². The number of carbonyl (C=O) groups excluding carboxylic acids is 1. The highest BCUT2D eigenvalue weighted by Gasteiger charge is 2.18. The number of rotatable bonds is 3. The Hall–Kier alpha value is -2.80. The van der Waals surface area contributed by atoms with E-state index in [9.17, 15) is 14.0 Å². The lowest BCUT2D eigenvalue weighted by atomic mass is 10.1. The molecule has 0 atom stereocenters. The minimum atomic E-state index is -0.521. The number of carbonyl (C=O) groups is 1. The van der Waals surface area contributed by atoms with Crippen molar-refractivity contribution in [1.29, 1.82) is 0 Å². The maximum Gasteiger partial charge on any atom is 0.263 e. The molecule has 2 heterocycles. The summed E-state index contributed by atoms with van der Waals surface area (Å²) >= 11 is 1.18. The van der Waals surface area contributed by atoms with Gasteiger partial charge in [0.05, 0.1) is 5.69 Å². The van der Waals surface area contributed by atoms with Crippen LogP contribution >= 0.6 is 11.3 Å². The Bertz CT molecular complexity index is 1020. The van der Waals surface area contributed by atoms with Gasteiger partial charge in [-0.15, -0.1) is 11.3 Å². The predicted octanol–water partition coefficient (Wildman–Crippen LogP) is 3.52. The zero-order valence-electron chi connectivity index (χ0n) is 14.0. The maximum atomic E-state index is 13.8. The van der Waals surface area contributed by atoms with E-state index in [0.717, 1.165) is 5.69 Å². The van der Waals surface area contributed by atoms with Crippen molar-refractivity contribution < 1.29 is 9.18 Å². The predicted molar refractivity (Wildman–Crippen MR) is 96.6 cm³/mol. The molecule has 0 radical (unpaired) electrons. The summed E-state index contributed by atoms with van der Waals surface area (Å²) in [4.78, 5) is 29.1. The van der Waals surface area contributed by atoms with Crippen molar-refractivity contribution in [3.63, 3.8) is 0 Å². The summed E-state index contributed by atoms with van der Waals surface area (Å²) in [5, 5.41) is 4.60. The minimum Gasteiger partial charge on any atom is -0.315 e. The fourth-order valence-electron chi connectivity index (χ4n) is 2.54. The first-order chi connectivity index (χ1) is 11.9. The lowest BCUT2D eigenvalue weighted by Gasteiger charge is -2.10. The molecule has 0 spiro atoms. The maximum absolute atomic E-state index is 13.8. The third-order valence-corrected chi connectivity index (χ3v) is 4.73. The lowest BCUT2D eigenvalue weighted by Crippen LogP contribution is -2.30. The number of pyridine rings is 1. The molecule has 2 aromatic heterocycles. The van der Waals surface area contributed by atoms with Crippen molar-refractivity contribution >= 4 is 22.4 Å². The van der Waals surface area contributed by atoms with E-state index in [-0.39, 0.29) is 16.9 Å². The van der Waals surface area contributed by atoms with Crippen LogP contribution in [0.2, 0.25) is 0 Å². The van der Waals surface area contributed by atoms with Gasteiger partial charge < -0.3 is 4.57 Å². The second-order valence-corrected chi connectivity index (χ2v) is 6.54. The molecule has 0 aliphatic heterocycles. The van der Waals surface area contributed by atoms with Gasteiger partial charge in [0.1, 0.15) is 11.4 Å². The summed E-state index contributed by atoms with van der Waals surface area (Å²) in [6.07, 6.45) is 0. The standard InChI is InChI=1S/C18H16FN3O2S/c1-10-8-11(2)22(3)17(24)15(10)16(23)21-18-20-14(9-25-18)12-6-4-5-7-13(12)19/h4-9H,1-3H3,(H,20,21,23). The van der Waals surface area contributed by atoms with E-state index < -0.39 is 5.91 Å². The summed E-state index contributed by atoms with van der Waals surface area (Å²) in [5.74, 6) is -0.901. The number of aryl methyl sites for hydroxylation is 2. The van der Waals surface area contributed by atoms with Crippen molar-refractivity contribution in [2.75, 3.05) is 5.32 Å². The van der Waals surface area contributed by atoms with Crippen LogP contribution in [0.4, 0.5) is 9.52 Å². The van der Waals surface area contributed by atoms with Gasteiger partial charge in [-0.05, 0) is 37.6 Å². The van der Waals surface area contributed by atoms with Gasteiger partial charge >= 0.3 is 0 Å². The fraction of sp³-hybridized carbons (Fsp3) is 0.167. The number of nitrogens with one attached hydrogen (secondary N) is 1. The lowest BCUT2D eigenvalue weighted by molar-refractivity contribution is 0.102. The molecule has 0 fully saturated rings. The zero-order valence-corrected chi connectivity index (χ0v) is 14.8. The summed E-state index contributed by atoms with van der Waals surface area (Å²) in [5.41, 5.74) is 1.89. The summed E-state index contributed by atoms with van der Waals surface area (Å²) < 4.78 is 15.3. The number of nitrogens with zero attached hydrogens (tertiary/aromatic N) is 2. The molecule has 1 N–H and O–H groups in total. The van der Waals surface area contributed by atoms with Crippen LogP contribution in [0.5, 0.6) is 0 Å². The molecule has 0 saturated carbocycles. The molecule has 128 valence electrons. The molecular formula is C18H16FN3O2S. The van der Waals surface area contributed by atoms with Crippen molar-refractivity contribution in [1.82, 2.24) is 9.55 Å². The Morgan fingerprint density at radius 2 is 2.00 bits per heavy atom.